The van der Waals surface area contributed by atoms with E-state index in [1.807, 2.05) is 0 Å². The molecule has 0 N–H and O–H groups in total. The van der Waals surface area contributed by atoms with Gasteiger partial charge in [0.2, 0.25) is 0 Å². The monoisotopic (exact) mass is 919 g/mol. The molecule has 0 saturated carbocycles. The molecule has 0 saturated heterocycles. The highest BCUT2D eigenvalue weighted by Gasteiger charge is 2.22. The van der Waals surface area contributed by atoms with Crippen LogP contribution in [-0.2, 0) is 23.9 Å². The van der Waals surface area contributed by atoms with Crippen LogP contribution in [-0.4, -0.2) is 81.0 Å². The predicted octanol–water partition coefficient (Wildman–Crippen LogP) is 16.7. The zero-order valence-corrected chi connectivity index (χ0v) is 44.9. The summed E-state index contributed by atoms with van der Waals surface area (Å²) in [5.74, 6) is 1.18. The minimum Gasteiger partial charge on any atom is -0.465 e. The van der Waals surface area contributed by atoms with Gasteiger partial charge in [0.15, 0.2) is 0 Å². The Balaban J connectivity index is 5.04. The molecular weight excluding hydrogens is 805 g/mol. The van der Waals surface area contributed by atoms with Crippen LogP contribution in [0.1, 0.15) is 285 Å². The summed E-state index contributed by atoms with van der Waals surface area (Å²) in [7, 11) is 4.33. The zero-order chi connectivity index (χ0) is 47.9. The second-order valence-electron chi connectivity index (χ2n) is 20.8. The van der Waals surface area contributed by atoms with Crippen molar-refractivity contribution in [3.05, 3.63) is 0 Å². The lowest BCUT2D eigenvalue weighted by molar-refractivity contribution is -0.146. The molecule has 65 heavy (non-hydrogen) atoms. The molecule has 0 aliphatic heterocycles. The van der Waals surface area contributed by atoms with E-state index in [1.165, 1.54) is 199 Å². The first-order valence-corrected chi connectivity index (χ1v) is 28.9. The van der Waals surface area contributed by atoms with Crippen molar-refractivity contribution in [2.45, 2.75) is 291 Å². The summed E-state index contributed by atoms with van der Waals surface area (Å²) < 4.78 is 11.6. The summed E-state index contributed by atoms with van der Waals surface area (Å²) in [4.78, 5) is 42.7. The molecule has 0 fully saturated rings. The lowest BCUT2D eigenvalue weighted by Gasteiger charge is -2.34. The minimum atomic E-state index is 0.00131. The number of ether oxygens (including phenoxy) is 2. The van der Waals surface area contributed by atoms with E-state index < -0.39 is 0 Å². The van der Waals surface area contributed by atoms with Crippen molar-refractivity contribution < 1.29 is 23.9 Å². The number of carbonyl (C=O) groups is 3. The summed E-state index contributed by atoms with van der Waals surface area (Å²) in [6.45, 7) is 15.5. The molecule has 0 radical (unpaired) electrons. The third kappa shape index (κ3) is 42.4. The maximum atomic E-state index is 12.6. The first-order valence-electron chi connectivity index (χ1n) is 28.9. The van der Waals surface area contributed by atoms with E-state index in [9.17, 15) is 14.4 Å². The van der Waals surface area contributed by atoms with E-state index in [1.54, 1.807) is 0 Å². The van der Waals surface area contributed by atoms with Crippen molar-refractivity contribution in [1.82, 2.24) is 9.80 Å². The number of hydrogen-bond acceptors (Lipinski definition) is 7. The molecule has 386 valence electrons. The molecule has 0 aliphatic rings. The van der Waals surface area contributed by atoms with Crippen molar-refractivity contribution in [3.8, 4) is 0 Å². The number of unbranched alkanes of at least 4 members (excludes halogenated alkanes) is 22. The van der Waals surface area contributed by atoms with Gasteiger partial charge in [-0.2, -0.15) is 0 Å². The van der Waals surface area contributed by atoms with Gasteiger partial charge < -0.3 is 19.2 Å². The van der Waals surface area contributed by atoms with Crippen molar-refractivity contribution >= 4 is 18.2 Å². The van der Waals surface area contributed by atoms with Crippen molar-refractivity contribution in [3.63, 3.8) is 0 Å². The molecule has 0 spiro atoms. The highest BCUT2D eigenvalue weighted by molar-refractivity contribution is 5.69. The van der Waals surface area contributed by atoms with Crippen LogP contribution in [0.5, 0.6) is 0 Å². The van der Waals surface area contributed by atoms with E-state index in [4.69, 9.17) is 9.47 Å². The van der Waals surface area contributed by atoms with Gasteiger partial charge >= 0.3 is 11.9 Å². The van der Waals surface area contributed by atoms with Gasteiger partial charge in [0.1, 0.15) is 6.29 Å². The van der Waals surface area contributed by atoms with Crippen LogP contribution in [0.15, 0.2) is 0 Å². The first kappa shape index (κ1) is 63.5. The normalized spacial score (nSPS) is 13.6. The molecule has 0 aromatic heterocycles. The standard InChI is InChI=1S/C58H114N2O5/c1-8-13-18-25-32-42-55(50-61)49-60(48-37-47-59(6)7)56(43-33-26-21-23-28-35-45-57(62)64-51-53(38-16-11-4)40-30-19-14-9-2)44-34-27-22-24-29-36-46-58(63)65-52-54(39-17-12-5)41-31-20-15-10-3/h50,53-56H,8-49,51-52H2,1-7H3. The molecule has 0 aromatic carbocycles. The summed E-state index contributed by atoms with van der Waals surface area (Å²) >= 11 is 0. The fraction of sp³-hybridized carbons (Fsp3) is 0.948. The Bertz CT molecular complexity index is 966. The molecular formula is C58H114N2O5. The molecule has 7 heteroatoms. The first-order chi connectivity index (χ1) is 31.7. The van der Waals surface area contributed by atoms with Crippen LogP contribution in [0.25, 0.3) is 0 Å². The number of hydrogen-bond donors (Lipinski definition) is 0. The Morgan fingerprint density at radius 3 is 1.18 bits per heavy atom. The number of nitrogens with zero attached hydrogens (tertiary/aromatic N) is 2. The van der Waals surface area contributed by atoms with Crippen molar-refractivity contribution in [2.75, 3.05) is 46.9 Å². The van der Waals surface area contributed by atoms with Gasteiger partial charge in [-0.15, -0.1) is 0 Å². The molecule has 0 heterocycles. The van der Waals surface area contributed by atoms with Gasteiger partial charge in [-0.1, -0.05) is 208 Å². The van der Waals surface area contributed by atoms with Crippen molar-refractivity contribution in [1.29, 1.82) is 0 Å². The average molecular weight is 920 g/mol. The van der Waals surface area contributed by atoms with Crippen LogP contribution >= 0.6 is 0 Å². The average Bonchev–Trinajstić information content (AvgIpc) is 3.30. The number of esters is 2. The van der Waals surface area contributed by atoms with E-state index in [2.05, 4.69) is 58.5 Å². The highest BCUT2D eigenvalue weighted by atomic mass is 16.5. The Kier molecular flexibility index (Phi) is 47.9. The zero-order valence-electron chi connectivity index (χ0n) is 44.9. The Morgan fingerprint density at radius 1 is 0.415 bits per heavy atom. The second kappa shape index (κ2) is 49.0. The Labute approximate surface area is 406 Å². The third-order valence-corrected chi connectivity index (χ3v) is 14.1. The quantitative estimate of drug-likeness (QED) is 0.0342. The highest BCUT2D eigenvalue weighted by Crippen LogP contribution is 2.24. The number of rotatable bonds is 52. The van der Waals surface area contributed by atoms with Gasteiger partial charge in [0, 0.05) is 31.3 Å². The fourth-order valence-corrected chi connectivity index (χ4v) is 9.64. The summed E-state index contributed by atoms with van der Waals surface area (Å²) in [6.07, 6.45) is 46.8. The Morgan fingerprint density at radius 2 is 0.769 bits per heavy atom. The summed E-state index contributed by atoms with van der Waals surface area (Å²) in [6, 6.07) is 0.518. The van der Waals surface area contributed by atoms with Crippen LogP contribution in [0, 0.1) is 17.8 Å². The molecule has 3 atom stereocenters. The van der Waals surface area contributed by atoms with Gasteiger partial charge in [-0.05, 0) is 103 Å². The van der Waals surface area contributed by atoms with Crippen molar-refractivity contribution in [2.24, 2.45) is 17.8 Å². The fourth-order valence-electron chi connectivity index (χ4n) is 9.64. The summed E-state index contributed by atoms with van der Waals surface area (Å²) in [5.41, 5.74) is 0. The third-order valence-electron chi connectivity index (χ3n) is 14.1. The van der Waals surface area contributed by atoms with E-state index in [0.29, 0.717) is 43.9 Å². The number of aldehydes is 1. The maximum absolute atomic E-state index is 12.6. The maximum Gasteiger partial charge on any atom is 0.305 e. The lowest BCUT2D eigenvalue weighted by Crippen LogP contribution is -2.41. The molecule has 7 nitrogen and oxygen atoms in total. The van der Waals surface area contributed by atoms with Crippen LogP contribution in [0.3, 0.4) is 0 Å². The predicted molar refractivity (Wildman–Crippen MR) is 281 cm³/mol. The van der Waals surface area contributed by atoms with E-state index >= 15 is 0 Å². The molecule has 0 amide bonds. The van der Waals surface area contributed by atoms with E-state index in [0.717, 1.165) is 64.6 Å². The lowest BCUT2D eigenvalue weighted by atomic mass is 9.95. The smallest absolute Gasteiger partial charge is 0.305 e. The topological polar surface area (TPSA) is 76.2 Å². The van der Waals surface area contributed by atoms with Gasteiger partial charge in [0.05, 0.1) is 13.2 Å². The molecule has 0 aliphatic carbocycles. The van der Waals surface area contributed by atoms with E-state index in [-0.39, 0.29) is 17.9 Å². The number of carbonyl (C=O) groups excluding carboxylic acids is 3. The molecule has 3 unspecified atom stereocenters. The largest absolute Gasteiger partial charge is 0.465 e. The van der Waals surface area contributed by atoms with Crippen LogP contribution < -0.4 is 0 Å². The molecule has 0 bridgehead atoms. The van der Waals surface area contributed by atoms with Crippen LogP contribution in [0.4, 0.5) is 0 Å². The Hall–Kier alpha value is -1.47. The van der Waals surface area contributed by atoms with Crippen LogP contribution in [0.2, 0.25) is 0 Å². The van der Waals surface area contributed by atoms with Gasteiger partial charge in [0.25, 0.3) is 0 Å². The van der Waals surface area contributed by atoms with Gasteiger partial charge in [-0.25, -0.2) is 0 Å². The molecule has 0 aromatic rings. The molecule has 0 rings (SSSR count). The summed E-state index contributed by atoms with van der Waals surface area (Å²) in [5, 5.41) is 0. The SMILES string of the molecule is CCCCCCCC(C=O)CN(CCCN(C)C)C(CCCCCCCCC(=O)OCC(CCCC)CCCCCC)CCCCCCCCC(=O)OCC(CCCC)CCCCCC. The second-order valence-corrected chi connectivity index (χ2v) is 20.8. The minimum absolute atomic E-state index is 0.00131. The van der Waals surface area contributed by atoms with Gasteiger partial charge in [-0.3, -0.25) is 14.5 Å².